The topological polar surface area (TPSA) is 61.5 Å². The molecule has 1 aromatic carbocycles. The Morgan fingerprint density at radius 2 is 2.22 bits per heavy atom. The maximum Gasteiger partial charge on any atom is 0.350 e. The highest BCUT2D eigenvalue weighted by molar-refractivity contribution is 9.10. The third-order valence-corrected chi connectivity index (χ3v) is 2.80. The van der Waals surface area contributed by atoms with Gasteiger partial charge in [-0.2, -0.15) is 0 Å². The molecule has 0 unspecified atom stereocenters. The minimum absolute atomic E-state index is 0.156. The van der Waals surface area contributed by atoms with E-state index in [-0.39, 0.29) is 6.61 Å². The lowest BCUT2D eigenvalue weighted by Crippen LogP contribution is -2.39. The Morgan fingerprint density at radius 3 is 2.83 bits per heavy atom. The van der Waals surface area contributed by atoms with Gasteiger partial charge in [0, 0.05) is 11.8 Å². The van der Waals surface area contributed by atoms with Crippen LogP contribution in [-0.4, -0.2) is 18.2 Å². The summed E-state index contributed by atoms with van der Waals surface area (Å²) in [7, 11) is 0. The molecule has 0 atom stereocenters. The second-order valence-electron chi connectivity index (χ2n) is 4.19. The number of rotatable bonds is 5. The summed E-state index contributed by atoms with van der Waals surface area (Å²) in [4.78, 5) is 11.8. The minimum atomic E-state index is -1.10. The number of carbonyl (C=O) groups is 1. The summed E-state index contributed by atoms with van der Waals surface area (Å²) in [6, 6.07) is 5.14. The number of hydrogen-bond acceptors (Lipinski definition) is 4. The molecule has 1 rings (SSSR count). The van der Waals surface area contributed by atoms with Crippen molar-refractivity contribution in [1.29, 1.82) is 0 Å². The molecule has 2 N–H and O–H groups in total. The molecule has 0 aromatic heterocycles. The summed E-state index contributed by atoms with van der Waals surface area (Å²) in [5, 5.41) is 0. The summed E-state index contributed by atoms with van der Waals surface area (Å²) >= 11 is 3.34. The van der Waals surface area contributed by atoms with Crippen LogP contribution in [0.5, 0.6) is 5.75 Å². The van der Waals surface area contributed by atoms with E-state index in [4.69, 9.17) is 15.2 Å². The van der Waals surface area contributed by atoms with Gasteiger partial charge >= 0.3 is 5.97 Å². The number of esters is 1. The molecule has 4 nitrogen and oxygen atoms in total. The molecule has 0 aliphatic rings. The van der Waals surface area contributed by atoms with Gasteiger partial charge in [-0.05, 0) is 41.9 Å². The zero-order valence-electron chi connectivity index (χ0n) is 10.4. The van der Waals surface area contributed by atoms with Crippen molar-refractivity contribution >= 4 is 27.6 Å². The Bertz CT molecular complexity index is 458. The largest absolute Gasteiger partial charge is 0.475 e. The van der Waals surface area contributed by atoms with Crippen molar-refractivity contribution in [3.05, 3.63) is 35.3 Å². The molecular formula is C13H16BrNO3. The van der Waals surface area contributed by atoms with E-state index >= 15 is 0 Å². The number of benzene rings is 1. The molecule has 0 bridgehead atoms. The predicted octanol–water partition coefficient (Wildman–Crippen LogP) is 2.92. The maximum atomic E-state index is 11.8. The van der Waals surface area contributed by atoms with E-state index in [2.05, 4.69) is 22.5 Å². The maximum absolute atomic E-state index is 11.8. The van der Waals surface area contributed by atoms with E-state index in [1.165, 1.54) is 6.08 Å². The van der Waals surface area contributed by atoms with E-state index in [0.29, 0.717) is 11.4 Å². The van der Waals surface area contributed by atoms with E-state index in [0.717, 1.165) is 4.47 Å². The third-order valence-electron chi connectivity index (χ3n) is 2.14. The number of hydrogen-bond donors (Lipinski definition) is 1. The fourth-order valence-electron chi connectivity index (χ4n) is 1.22. The van der Waals surface area contributed by atoms with Gasteiger partial charge in [0.25, 0.3) is 0 Å². The van der Waals surface area contributed by atoms with Crippen LogP contribution in [0, 0.1) is 0 Å². The van der Waals surface area contributed by atoms with Gasteiger partial charge in [-0.1, -0.05) is 12.7 Å². The number of carbonyl (C=O) groups excluding carboxylic acids is 1. The second kappa shape index (κ2) is 5.91. The first kappa shape index (κ1) is 14.6. The van der Waals surface area contributed by atoms with Crippen LogP contribution in [0.4, 0.5) is 5.69 Å². The molecule has 0 radical (unpaired) electrons. The lowest BCUT2D eigenvalue weighted by Gasteiger charge is -2.24. The average molecular weight is 314 g/mol. The average Bonchev–Trinajstić information content (AvgIpc) is 2.30. The summed E-state index contributed by atoms with van der Waals surface area (Å²) in [6.07, 6.45) is 1.50. The van der Waals surface area contributed by atoms with Crippen LogP contribution >= 0.6 is 15.9 Å². The van der Waals surface area contributed by atoms with Crippen molar-refractivity contribution in [2.24, 2.45) is 0 Å². The highest BCUT2D eigenvalue weighted by Crippen LogP contribution is 2.30. The molecule has 0 aliphatic carbocycles. The Morgan fingerprint density at radius 1 is 1.56 bits per heavy atom. The van der Waals surface area contributed by atoms with Crippen LogP contribution in [0.2, 0.25) is 0 Å². The molecular weight excluding hydrogens is 298 g/mol. The Labute approximate surface area is 115 Å². The molecule has 0 heterocycles. The first-order chi connectivity index (χ1) is 8.36. The first-order valence-corrected chi connectivity index (χ1v) is 6.18. The number of nitrogens with two attached hydrogens (primary N) is 1. The van der Waals surface area contributed by atoms with Crippen LogP contribution in [0.25, 0.3) is 0 Å². The normalized spacial score (nSPS) is 10.8. The summed E-state index contributed by atoms with van der Waals surface area (Å²) in [6.45, 7) is 6.90. The molecule has 0 fully saturated rings. The van der Waals surface area contributed by atoms with Gasteiger partial charge in [0.15, 0.2) is 5.60 Å². The van der Waals surface area contributed by atoms with Crippen molar-refractivity contribution in [2.75, 3.05) is 12.3 Å². The monoisotopic (exact) mass is 313 g/mol. The second-order valence-corrected chi connectivity index (χ2v) is 5.04. The molecule has 0 saturated carbocycles. The number of ether oxygens (including phenoxy) is 2. The summed E-state index contributed by atoms with van der Waals surface area (Å²) < 4.78 is 11.3. The van der Waals surface area contributed by atoms with Gasteiger partial charge in [-0.15, -0.1) is 0 Å². The molecule has 0 amide bonds. The highest BCUT2D eigenvalue weighted by Gasteiger charge is 2.32. The van der Waals surface area contributed by atoms with Gasteiger partial charge in [0.2, 0.25) is 0 Å². The lowest BCUT2D eigenvalue weighted by molar-refractivity contribution is -0.158. The zero-order valence-corrected chi connectivity index (χ0v) is 12.0. The van der Waals surface area contributed by atoms with Crippen molar-refractivity contribution in [3.63, 3.8) is 0 Å². The molecule has 0 spiro atoms. The third kappa shape index (κ3) is 3.77. The number of halogens is 1. The Hall–Kier alpha value is -1.49. The fourth-order valence-corrected chi connectivity index (χ4v) is 1.55. The first-order valence-electron chi connectivity index (χ1n) is 5.39. The van der Waals surface area contributed by atoms with Gasteiger partial charge in [0.1, 0.15) is 12.4 Å². The Kier molecular flexibility index (Phi) is 4.78. The highest BCUT2D eigenvalue weighted by atomic mass is 79.9. The quantitative estimate of drug-likeness (QED) is 0.516. The fraction of sp³-hybridized carbons (Fsp3) is 0.308. The SMILES string of the molecule is C=CCOC(=O)C(C)(C)Oc1cc(N)ccc1Br. The Balaban J connectivity index is 2.84. The van der Waals surface area contributed by atoms with Crippen molar-refractivity contribution in [3.8, 4) is 5.75 Å². The number of nitrogen functional groups attached to an aromatic ring is 1. The van der Waals surface area contributed by atoms with Crippen LogP contribution < -0.4 is 10.5 Å². The van der Waals surface area contributed by atoms with Crippen LogP contribution in [0.1, 0.15) is 13.8 Å². The van der Waals surface area contributed by atoms with Crippen LogP contribution in [-0.2, 0) is 9.53 Å². The predicted molar refractivity (Wildman–Crippen MR) is 74.4 cm³/mol. The van der Waals surface area contributed by atoms with E-state index < -0.39 is 11.6 Å². The van der Waals surface area contributed by atoms with Crippen LogP contribution in [0.15, 0.2) is 35.3 Å². The smallest absolute Gasteiger partial charge is 0.350 e. The van der Waals surface area contributed by atoms with E-state index in [1.807, 2.05) is 0 Å². The zero-order chi connectivity index (χ0) is 13.8. The molecule has 5 heteroatoms. The van der Waals surface area contributed by atoms with Gasteiger partial charge < -0.3 is 15.2 Å². The van der Waals surface area contributed by atoms with E-state index in [1.54, 1.807) is 32.0 Å². The van der Waals surface area contributed by atoms with Crippen molar-refractivity contribution in [2.45, 2.75) is 19.4 Å². The molecule has 0 saturated heterocycles. The summed E-state index contributed by atoms with van der Waals surface area (Å²) in [5.74, 6) is 0.0345. The molecule has 1 aromatic rings. The van der Waals surface area contributed by atoms with Crippen molar-refractivity contribution in [1.82, 2.24) is 0 Å². The lowest BCUT2D eigenvalue weighted by atomic mass is 10.1. The molecule has 18 heavy (non-hydrogen) atoms. The van der Waals surface area contributed by atoms with Gasteiger partial charge in [-0.3, -0.25) is 0 Å². The standard InChI is InChI=1S/C13H16BrNO3/c1-4-7-17-12(16)13(2,3)18-11-8-9(15)5-6-10(11)14/h4-6,8H,1,7,15H2,2-3H3. The molecule has 98 valence electrons. The molecule has 0 aliphatic heterocycles. The minimum Gasteiger partial charge on any atom is -0.475 e. The van der Waals surface area contributed by atoms with Gasteiger partial charge in [-0.25, -0.2) is 4.79 Å². The number of anilines is 1. The van der Waals surface area contributed by atoms with Gasteiger partial charge in [0.05, 0.1) is 4.47 Å². The van der Waals surface area contributed by atoms with Crippen LogP contribution in [0.3, 0.4) is 0 Å². The van der Waals surface area contributed by atoms with Crippen molar-refractivity contribution < 1.29 is 14.3 Å². The summed E-state index contributed by atoms with van der Waals surface area (Å²) in [5.41, 5.74) is 5.13. The van der Waals surface area contributed by atoms with E-state index in [9.17, 15) is 4.79 Å².